The maximum Gasteiger partial charge on any atom is 0.227 e. The summed E-state index contributed by atoms with van der Waals surface area (Å²) in [6.45, 7) is 4.51. The third-order valence-corrected chi connectivity index (χ3v) is 4.57. The highest BCUT2D eigenvalue weighted by Gasteiger charge is 2.21. The molecule has 98 valence electrons. The summed E-state index contributed by atoms with van der Waals surface area (Å²) in [6.07, 6.45) is 0.397. The van der Waals surface area contributed by atoms with E-state index in [2.05, 4.69) is 28.2 Å². The van der Waals surface area contributed by atoms with Gasteiger partial charge in [0.15, 0.2) is 0 Å². The fourth-order valence-corrected chi connectivity index (χ4v) is 2.72. The molecule has 0 spiro atoms. The third-order valence-electron chi connectivity index (χ3n) is 3.09. The second kappa shape index (κ2) is 6.04. The molecule has 1 fully saturated rings. The molecule has 1 aromatic rings. The molecule has 0 radical (unpaired) electrons. The zero-order valence-corrected chi connectivity index (χ0v) is 12.6. The molecular weight excluding hydrogens is 316 g/mol. The van der Waals surface area contributed by atoms with Crippen LogP contribution in [0.15, 0.2) is 22.7 Å². The molecule has 1 aliphatic heterocycles. The maximum absolute atomic E-state index is 12.2. The Morgan fingerprint density at radius 2 is 2.39 bits per heavy atom. The van der Waals surface area contributed by atoms with Gasteiger partial charge in [-0.1, -0.05) is 23.7 Å². The van der Waals surface area contributed by atoms with E-state index in [1.807, 2.05) is 23.1 Å². The molecule has 1 saturated heterocycles. The van der Waals surface area contributed by atoms with E-state index in [9.17, 15) is 4.79 Å². The smallest absolute Gasteiger partial charge is 0.227 e. The molecule has 1 heterocycles. The summed E-state index contributed by atoms with van der Waals surface area (Å²) < 4.78 is 0.822. The van der Waals surface area contributed by atoms with Crippen LogP contribution in [-0.4, -0.2) is 36.5 Å². The molecule has 3 nitrogen and oxygen atoms in total. The van der Waals surface area contributed by atoms with Crippen LogP contribution in [0, 0.1) is 0 Å². The molecule has 1 N–H and O–H groups in total. The quantitative estimate of drug-likeness (QED) is 0.903. The molecule has 0 saturated carbocycles. The zero-order valence-electron chi connectivity index (χ0n) is 10.2. The molecule has 5 heteroatoms. The van der Waals surface area contributed by atoms with Crippen molar-refractivity contribution in [3.63, 3.8) is 0 Å². The summed E-state index contributed by atoms with van der Waals surface area (Å²) in [5.74, 6) is 0.159. The minimum absolute atomic E-state index is 0.159. The molecular formula is C13H16BrClN2O. The van der Waals surface area contributed by atoms with Crippen LogP contribution in [0.2, 0.25) is 5.02 Å². The predicted octanol–water partition coefficient (Wildman–Crippen LogP) is 2.47. The number of benzene rings is 1. The van der Waals surface area contributed by atoms with Crippen molar-refractivity contribution in [3.8, 4) is 0 Å². The SMILES string of the molecule is CC1CN(C(=O)Cc2cccc(Cl)c2Br)CCN1. The molecule has 1 aliphatic rings. The molecule has 0 bridgehead atoms. The van der Waals surface area contributed by atoms with Crippen LogP contribution < -0.4 is 5.32 Å². The van der Waals surface area contributed by atoms with E-state index in [-0.39, 0.29) is 5.91 Å². The van der Waals surface area contributed by atoms with Gasteiger partial charge in [0.1, 0.15) is 0 Å². The number of carbonyl (C=O) groups excluding carboxylic acids is 1. The lowest BCUT2D eigenvalue weighted by atomic mass is 10.1. The Morgan fingerprint density at radius 3 is 3.11 bits per heavy atom. The lowest BCUT2D eigenvalue weighted by Gasteiger charge is -2.32. The Balaban J connectivity index is 2.04. The number of nitrogens with zero attached hydrogens (tertiary/aromatic N) is 1. The van der Waals surface area contributed by atoms with Gasteiger partial charge in [-0.25, -0.2) is 0 Å². The summed E-state index contributed by atoms with van der Waals surface area (Å²) in [5.41, 5.74) is 0.943. The molecule has 1 aromatic carbocycles. The van der Waals surface area contributed by atoms with Gasteiger partial charge in [-0.05, 0) is 34.5 Å². The summed E-state index contributed by atoms with van der Waals surface area (Å²) in [5, 5.41) is 3.97. The lowest BCUT2D eigenvalue weighted by Crippen LogP contribution is -2.51. The molecule has 18 heavy (non-hydrogen) atoms. The number of carbonyl (C=O) groups is 1. The van der Waals surface area contributed by atoms with Gasteiger partial charge in [-0.15, -0.1) is 0 Å². The van der Waals surface area contributed by atoms with E-state index >= 15 is 0 Å². The minimum atomic E-state index is 0.159. The highest BCUT2D eigenvalue weighted by molar-refractivity contribution is 9.10. The second-order valence-corrected chi connectivity index (χ2v) is 5.78. The monoisotopic (exact) mass is 330 g/mol. The van der Waals surface area contributed by atoms with E-state index in [0.29, 0.717) is 17.5 Å². The summed E-state index contributed by atoms with van der Waals surface area (Å²) in [6, 6.07) is 5.98. The fourth-order valence-electron chi connectivity index (χ4n) is 2.12. The second-order valence-electron chi connectivity index (χ2n) is 4.58. The Labute approximate surface area is 121 Å². The van der Waals surface area contributed by atoms with Crippen molar-refractivity contribution in [1.29, 1.82) is 0 Å². The summed E-state index contributed by atoms with van der Waals surface area (Å²) in [4.78, 5) is 14.1. The van der Waals surface area contributed by atoms with Crippen molar-refractivity contribution in [1.82, 2.24) is 10.2 Å². The molecule has 1 amide bonds. The fraction of sp³-hybridized carbons (Fsp3) is 0.462. The van der Waals surface area contributed by atoms with Crippen molar-refractivity contribution in [3.05, 3.63) is 33.3 Å². The van der Waals surface area contributed by atoms with Gasteiger partial charge >= 0.3 is 0 Å². The average Bonchev–Trinajstić information content (AvgIpc) is 2.35. The summed E-state index contributed by atoms with van der Waals surface area (Å²) >= 11 is 9.45. The average molecular weight is 332 g/mol. The van der Waals surface area contributed by atoms with E-state index in [0.717, 1.165) is 29.7 Å². The first-order valence-electron chi connectivity index (χ1n) is 6.02. The lowest BCUT2D eigenvalue weighted by molar-refractivity contribution is -0.131. The number of piperazine rings is 1. The van der Waals surface area contributed by atoms with Gasteiger partial charge in [0.2, 0.25) is 5.91 Å². The first-order chi connectivity index (χ1) is 8.58. The van der Waals surface area contributed by atoms with Gasteiger partial charge in [0, 0.05) is 30.1 Å². The number of nitrogens with one attached hydrogen (secondary N) is 1. The van der Waals surface area contributed by atoms with E-state index in [1.54, 1.807) is 0 Å². The normalized spacial score (nSPS) is 19.9. The van der Waals surface area contributed by atoms with E-state index < -0.39 is 0 Å². The number of amides is 1. The standard InChI is InChI=1S/C13H16BrClN2O/c1-9-8-17(6-5-16-9)12(18)7-10-3-2-4-11(15)13(10)14/h2-4,9,16H,5-8H2,1H3. The number of rotatable bonds is 2. The van der Waals surface area contributed by atoms with Gasteiger partial charge in [0.25, 0.3) is 0 Å². The van der Waals surface area contributed by atoms with Gasteiger partial charge in [-0.2, -0.15) is 0 Å². The Morgan fingerprint density at radius 1 is 1.61 bits per heavy atom. The van der Waals surface area contributed by atoms with Crippen LogP contribution in [0.4, 0.5) is 0 Å². The van der Waals surface area contributed by atoms with Crippen LogP contribution in [0.1, 0.15) is 12.5 Å². The van der Waals surface area contributed by atoms with Crippen molar-refractivity contribution >= 4 is 33.4 Å². The summed E-state index contributed by atoms with van der Waals surface area (Å²) in [7, 11) is 0. The molecule has 1 unspecified atom stereocenters. The minimum Gasteiger partial charge on any atom is -0.340 e. The van der Waals surface area contributed by atoms with Crippen LogP contribution in [0.5, 0.6) is 0 Å². The Kier molecular flexibility index (Phi) is 4.65. The van der Waals surface area contributed by atoms with Crippen molar-refractivity contribution in [2.45, 2.75) is 19.4 Å². The van der Waals surface area contributed by atoms with Crippen molar-refractivity contribution in [2.75, 3.05) is 19.6 Å². The topological polar surface area (TPSA) is 32.3 Å². The van der Waals surface area contributed by atoms with Crippen LogP contribution in [-0.2, 0) is 11.2 Å². The van der Waals surface area contributed by atoms with Crippen molar-refractivity contribution < 1.29 is 4.79 Å². The maximum atomic E-state index is 12.2. The van der Waals surface area contributed by atoms with Gasteiger partial charge in [0.05, 0.1) is 11.4 Å². The zero-order chi connectivity index (χ0) is 13.1. The third kappa shape index (κ3) is 3.25. The molecule has 0 aliphatic carbocycles. The van der Waals surface area contributed by atoms with E-state index in [4.69, 9.17) is 11.6 Å². The largest absolute Gasteiger partial charge is 0.340 e. The first kappa shape index (κ1) is 13.8. The van der Waals surface area contributed by atoms with Gasteiger partial charge in [-0.3, -0.25) is 4.79 Å². The van der Waals surface area contributed by atoms with Crippen LogP contribution in [0.3, 0.4) is 0 Å². The number of hydrogen-bond donors (Lipinski definition) is 1. The molecule has 1 atom stereocenters. The number of halogens is 2. The Hall–Kier alpha value is -0.580. The highest BCUT2D eigenvalue weighted by atomic mass is 79.9. The van der Waals surface area contributed by atoms with Crippen LogP contribution >= 0.6 is 27.5 Å². The molecule has 0 aromatic heterocycles. The predicted molar refractivity (Wildman–Crippen MR) is 76.9 cm³/mol. The number of hydrogen-bond acceptors (Lipinski definition) is 2. The van der Waals surface area contributed by atoms with Crippen LogP contribution in [0.25, 0.3) is 0 Å². The van der Waals surface area contributed by atoms with E-state index in [1.165, 1.54) is 0 Å². The molecule has 2 rings (SSSR count). The van der Waals surface area contributed by atoms with Gasteiger partial charge < -0.3 is 10.2 Å². The highest BCUT2D eigenvalue weighted by Crippen LogP contribution is 2.26. The Bertz CT molecular complexity index is 453. The van der Waals surface area contributed by atoms with Crippen molar-refractivity contribution in [2.24, 2.45) is 0 Å². The first-order valence-corrected chi connectivity index (χ1v) is 7.19.